The second-order valence-electron chi connectivity index (χ2n) is 3.87. The molecule has 2 N–H and O–H groups in total. The summed E-state index contributed by atoms with van der Waals surface area (Å²) in [4.78, 5) is 4.15. The zero-order valence-corrected chi connectivity index (χ0v) is 9.21. The van der Waals surface area contributed by atoms with Gasteiger partial charge in [-0.3, -0.25) is 4.99 Å². The van der Waals surface area contributed by atoms with Crippen LogP contribution in [-0.2, 0) is 6.54 Å². The highest BCUT2D eigenvalue weighted by Crippen LogP contribution is 2.18. The molecule has 0 amide bonds. The lowest BCUT2D eigenvalue weighted by molar-refractivity contribution is 0.498. The van der Waals surface area contributed by atoms with Crippen molar-refractivity contribution in [3.05, 3.63) is 23.7 Å². The molecule has 0 aliphatic heterocycles. The molecular formula is C11H17N3O. The van der Waals surface area contributed by atoms with Gasteiger partial charge in [-0.05, 0) is 31.4 Å². The van der Waals surface area contributed by atoms with Crippen molar-refractivity contribution in [2.75, 3.05) is 7.05 Å². The predicted molar refractivity (Wildman–Crippen MR) is 59.8 cm³/mol. The Hall–Kier alpha value is -1.45. The van der Waals surface area contributed by atoms with Crippen molar-refractivity contribution in [2.24, 2.45) is 4.99 Å². The molecule has 15 heavy (non-hydrogen) atoms. The minimum absolute atomic E-state index is 0.619. The molecule has 2 rings (SSSR count). The molecule has 4 heteroatoms. The van der Waals surface area contributed by atoms with E-state index in [0.717, 1.165) is 11.7 Å². The lowest BCUT2D eigenvalue weighted by Gasteiger charge is -2.09. The van der Waals surface area contributed by atoms with Crippen molar-refractivity contribution in [3.63, 3.8) is 0 Å². The van der Waals surface area contributed by atoms with Crippen LogP contribution in [0.2, 0.25) is 0 Å². The van der Waals surface area contributed by atoms with Crippen LogP contribution in [0.3, 0.4) is 0 Å². The Labute approximate surface area is 89.8 Å². The van der Waals surface area contributed by atoms with Crippen LogP contribution in [0.4, 0.5) is 0 Å². The molecule has 1 aliphatic carbocycles. The van der Waals surface area contributed by atoms with E-state index in [-0.39, 0.29) is 0 Å². The highest BCUT2D eigenvalue weighted by Gasteiger charge is 2.22. The molecule has 1 saturated carbocycles. The molecule has 82 valence electrons. The first-order valence-electron chi connectivity index (χ1n) is 5.29. The van der Waals surface area contributed by atoms with Crippen molar-refractivity contribution in [2.45, 2.75) is 32.4 Å². The maximum Gasteiger partial charge on any atom is 0.191 e. The first kappa shape index (κ1) is 10.1. The number of rotatable bonds is 3. The van der Waals surface area contributed by atoms with E-state index < -0.39 is 0 Å². The Morgan fingerprint density at radius 1 is 1.60 bits per heavy atom. The van der Waals surface area contributed by atoms with E-state index >= 15 is 0 Å². The molecule has 0 radical (unpaired) electrons. The molecule has 0 bridgehead atoms. The number of nitrogens with one attached hydrogen (secondary N) is 2. The number of aliphatic imine (C=N–C) groups is 1. The van der Waals surface area contributed by atoms with E-state index in [1.54, 1.807) is 13.3 Å². The zero-order valence-electron chi connectivity index (χ0n) is 9.21. The molecular weight excluding hydrogens is 190 g/mol. The van der Waals surface area contributed by atoms with Gasteiger partial charge in [0.1, 0.15) is 5.76 Å². The standard InChI is InChI=1S/C11H17N3O/c1-8-5-6-15-10(8)7-13-11(12-2)14-9-3-4-9/h5-6,9H,3-4,7H2,1-2H3,(H2,12,13,14). The molecule has 0 atom stereocenters. The molecule has 0 aromatic carbocycles. The van der Waals surface area contributed by atoms with Gasteiger partial charge >= 0.3 is 0 Å². The highest BCUT2D eigenvalue weighted by molar-refractivity contribution is 5.80. The molecule has 0 saturated heterocycles. The predicted octanol–water partition coefficient (Wildman–Crippen LogP) is 1.42. The van der Waals surface area contributed by atoms with Gasteiger partial charge in [-0.1, -0.05) is 0 Å². The van der Waals surface area contributed by atoms with Gasteiger partial charge in [0.25, 0.3) is 0 Å². The number of furan rings is 1. The molecule has 1 heterocycles. The van der Waals surface area contributed by atoms with Crippen LogP contribution in [0.5, 0.6) is 0 Å². The number of aryl methyl sites for hydroxylation is 1. The maximum absolute atomic E-state index is 5.33. The number of hydrogen-bond acceptors (Lipinski definition) is 2. The first-order valence-corrected chi connectivity index (χ1v) is 5.29. The van der Waals surface area contributed by atoms with Crippen LogP contribution in [-0.4, -0.2) is 19.0 Å². The van der Waals surface area contributed by atoms with Crippen molar-refractivity contribution < 1.29 is 4.42 Å². The van der Waals surface area contributed by atoms with Crippen LogP contribution < -0.4 is 10.6 Å². The van der Waals surface area contributed by atoms with E-state index in [2.05, 4.69) is 15.6 Å². The van der Waals surface area contributed by atoms with E-state index in [4.69, 9.17) is 4.42 Å². The highest BCUT2D eigenvalue weighted by atomic mass is 16.3. The topological polar surface area (TPSA) is 49.6 Å². The quantitative estimate of drug-likeness (QED) is 0.582. The van der Waals surface area contributed by atoms with Crippen LogP contribution >= 0.6 is 0 Å². The third kappa shape index (κ3) is 2.75. The zero-order chi connectivity index (χ0) is 10.7. The number of nitrogens with zero attached hydrogens (tertiary/aromatic N) is 1. The van der Waals surface area contributed by atoms with E-state index in [1.807, 2.05) is 13.0 Å². The van der Waals surface area contributed by atoms with Gasteiger partial charge in [-0.25, -0.2) is 0 Å². The van der Waals surface area contributed by atoms with Gasteiger partial charge in [0.2, 0.25) is 0 Å². The third-order valence-corrected chi connectivity index (χ3v) is 2.53. The third-order valence-electron chi connectivity index (χ3n) is 2.53. The summed E-state index contributed by atoms with van der Waals surface area (Å²) < 4.78 is 5.33. The number of hydrogen-bond donors (Lipinski definition) is 2. The van der Waals surface area contributed by atoms with E-state index in [1.165, 1.54) is 18.4 Å². The van der Waals surface area contributed by atoms with Crippen molar-refractivity contribution in [1.82, 2.24) is 10.6 Å². The molecule has 0 unspecified atom stereocenters. The fraction of sp³-hybridized carbons (Fsp3) is 0.545. The van der Waals surface area contributed by atoms with Gasteiger partial charge in [0.05, 0.1) is 12.8 Å². The largest absolute Gasteiger partial charge is 0.467 e. The second kappa shape index (κ2) is 4.38. The van der Waals surface area contributed by atoms with Gasteiger partial charge in [0, 0.05) is 13.1 Å². The molecule has 1 fully saturated rings. The van der Waals surface area contributed by atoms with Gasteiger partial charge in [0.15, 0.2) is 5.96 Å². The van der Waals surface area contributed by atoms with Gasteiger partial charge < -0.3 is 15.1 Å². The smallest absolute Gasteiger partial charge is 0.191 e. The minimum atomic E-state index is 0.619. The average Bonchev–Trinajstić information content (AvgIpc) is 2.96. The number of guanidine groups is 1. The molecule has 1 aliphatic rings. The normalized spacial score (nSPS) is 16.5. The average molecular weight is 207 g/mol. The summed E-state index contributed by atoms with van der Waals surface area (Å²) in [6, 6.07) is 2.59. The van der Waals surface area contributed by atoms with Gasteiger partial charge in [-0.15, -0.1) is 0 Å². The fourth-order valence-electron chi connectivity index (χ4n) is 1.36. The SMILES string of the molecule is CN=C(NCc1occc1C)NC1CC1. The summed E-state index contributed by atoms with van der Waals surface area (Å²) in [6.07, 6.45) is 4.21. The van der Waals surface area contributed by atoms with Crippen LogP contribution in [0.25, 0.3) is 0 Å². The van der Waals surface area contributed by atoms with E-state index in [0.29, 0.717) is 12.6 Å². The Bertz CT molecular complexity index is 352. The van der Waals surface area contributed by atoms with Crippen molar-refractivity contribution in [3.8, 4) is 0 Å². The van der Waals surface area contributed by atoms with Gasteiger partial charge in [-0.2, -0.15) is 0 Å². The Kier molecular flexibility index (Phi) is 2.94. The minimum Gasteiger partial charge on any atom is -0.467 e. The Balaban J connectivity index is 1.83. The Morgan fingerprint density at radius 3 is 2.93 bits per heavy atom. The summed E-state index contributed by atoms with van der Waals surface area (Å²) in [5, 5.41) is 6.55. The summed E-state index contributed by atoms with van der Waals surface area (Å²) in [5.41, 5.74) is 1.17. The monoisotopic (exact) mass is 207 g/mol. The molecule has 0 spiro atoms. The van der Waals surface area contributed by atoms with Crippen LogP contribution in [0.15, 0.2) is 21.7 Å². The molecule has 1 aromatic rings. The summed E-state index contributed by atoms with van der Waals surface area (Å²) in [6.45, 7) is 2.73. The maximum atomic E-state index is 5.33. The van der Waals surface area contributed by atoms with Crippen LogP contribution in [0, 0.1) is 6.92 Å². The summed E-state index contributed by atoms with van der Waals surface area (Å²) >= 11 is 0. The van der Waals surface area contributed by atoms with Crippen LogP contribution in [0.1, 0.15) is 24.2 Å². The lowest BCUT2D eigenvalue weighted by Crippen LogP contribution is -2.38. The molecule has 4 nitrogen and oxygen atoms in total. The second-order valence-corrected chi connectivity index (χ2v) is 3.87. The van der Waals surface area contributed by atoms with E-state index in [9.17, 15) is 0 Å². The summed E-state index contributed by atoms with van der Waals surface area (Å²) in [7, 11) is 1.78. The van der Waals surface area contributed by atoms with Crippen molar-refractivity contribution >= 4 is 5.96 Å². The fourth-order valence-corrected chi connectivity index (χ4v) is 1.36. The lowest BCUT2D eigenvalue weighted by atomic mass is 10.3. The summed E-state index contributed by atoms with van der Waals surface area (Å²) in [5.74, 6) is 1.82. The van der Waals surface area contributed by atoms with Crippen molar-refractivity contribution in [1.29, 1.82) is 0 Å². The molecule has 1 aromatic heterocycles. The Morgan fingerprint density at radius 2 is 2.40 bits per heavy atom. The first-order chi connectivity index (χ1) is 7.29.